The minimum Gasteiger partial charge on any atom is -0.392 e. The molecule has 1 unspecified atom stereocenters. The van der Waals surface area contributed by atoms with Crippen molar-refractivity contribution in [2.75, 3.05) is 19.6 Å². The van der Waals surface area contributed by atoms with Gasteiger partial charge in [0.25, 0.3) is 0 Å². The molecule has 0 aliphatic carbocycles. The lowest BCUT2D eigenvalue weighted by Crippen LogP contribution is -2.28. The Morgan fingerprint density at radius 2 is 2.42 bits per heavy atom. The molecule has 3 nitrogen and oxygen atoms in total. The number of carbonyl (C=O) groups excluding carboxylic acids is 1. The molecule has 1 N–H and O–H groups in total. The van der Waals surface area contributed by atoms with Gasteiger partial charge in [-0.25, -0.2) is 0 Å². The monoisotopic (exact) mass is 171 g/mol. The summed E-state index contributed by atoms with van der Waals surface area (Å²) in [5.74, 6) is 0.298. The predicted molar refractivity (Wildman–Crippen MR) is 47.0 cm³/mol. The molecule has 0 saturated carbocycles. The Kier molecular flexibility index (Phi) is 3.69. The average molecular weight is 171 g/mol. The van der Waals surface area contributed by atoms with Crippen LogP contribution in [0.15, 0.2) is 0 Å². The van der Waals surface area contributed by atoms with E-state index in [0.717, 1.165) is 19.4 Å². The van der Waals surface area contributed by atoms with E-state index in [-0.39, 0.29) is 6.10 Å². The zero-order chi connectivity index (χ0) is 8.97. The summed E-state index contributed by atoms with van der Waals surface area (Å²) in [7, 11) is 0. The summed E-state index contributed by atoms with van der Waals surface area (Å²) >= 11 is 0. The quantitative estimate of drug-likeness (QED) is 0.666. The van der Waals surface area contributed by atoms with E-state index in [2.05, 4.69) is 0 Å². The molecule has 1 aliphatic rings. The van der Waals surface area contributed by atoms with Crippen LogP contribution in [0.25, 0.3) is 0 Å². The van der Waals surface area contributed by atoms with Gasteiger partial charge in [-0.1, -0.05) is 6.92 Å². The number of nitrogens with zero attached hydrogens (tertiary/aromatic N) is 1. The number of rotatable bonds is 4. The molecular weight excluding hydrogens is 154 g/mol. The maximum atomic E-state index is 11.2. The lowest BCUT2D eigenvalue weighted by Gasteiger charge is -2.12. The topological polar surface area (TPSA) is 40.5 Å². The Bertz CT molecular complexity index is 159. The van der Waals surface area contributed by atoms with Crippen molar-refractivity contribution in [1.82, 2.24) is 4.90 Å². The van der Waals surface area contributed by atoms with Gasteiger partial charge in [0, 0.05) is 19.5 Å². The van der Waals surface area contributed by atoms with Gasteiger partial charge in [0.2, 0.25) is 0 Å². The van der Waals surface area contributed by atoms with Crippen molar-refractivity contribution >= 4 is 5.78 Å². The number of aliphatic hydroxyl groups is 1. The van der Waals surface area contributed by atoms with E-state index < -0.39 is 0 Å². The van der Waals surface area contributed by atoms with E-state index in [1.54, 1.807) is 0 Å². The lowest BCUT2D eigenvalue weighted by atomic mass is 10.2. The second kappa shape index (κ2) is 4.58. The van der Waals surface area contributed by atoms with Crippen LogP contribution in [0, 0.1) is 0 Å². The summed E-state index contributed by atoms with van der Waals surface area (Å²) in [4.78, 5) is 13.2. The van der Waals surface area contributed by atoms with E-state index >= 15 is 0 Å². The Balaban J connectivity index is 2.18. The van der Waals surface area contributed by atoms with E-state index in [4.69, 9.17) is 0 Å². The Morgan fingerprint density at radius 3 is 2.92 bits per heavy atom. The molecular formula is C9H17NO2. The first-order valence-electron chi connectivity index (χ1n) is 4.64. The Morgan fingerprint density at radius 1 is 1.67 bits per heavy atom. The van der Waals surface area contributed by atoms with Crippen molar-refractivity contribution in [3.05, 3.63) is 0 Å². The number of aliphatic hydroxyl groups excluding tert-OH is 1. The molecule has 0 spiro atoms. The van der Waals surface area contributed by atoms with Crippen LogP contribution in [0.5, 0.6) is 0 Å². The number of Topliss-reactive ketones (excluding diaryl/α,β-unsaturated/α-hetero) is 1. The fourth-order valence-corrected chi connectivity index (χ4v) is 1.56. The molecule has 0 aromatic heterocycles. The second-order valence-corrected chi connectivity index (χ2v) is 3.47. The van der Waals surface area contributed by atoms with Crippen molar-refractivity contribution in [3.8, 4) is 0 Å². The zero-order valence-electron chi connectivity index (χ0n) is 7.62. The van der Waals surface area contributed by atoms with Crippen LogP contribution in [-0.2, 0) is 4.79 Å². The molecule has 1 aliphatic heterocycles. The number of ketones is 1. The largest absolute Gasteiger partial charge is 0.392 e. The maximum Gasteiger partial charge on any atom is 0.146 e. The van der Waals surface area contributed by atoms with Gasteiger partial charge in [0.15, 0.2) is 0 Å². The highest BCUT2D eigenvalue weighted by Crippen LogP contribution is 2.08. The van der Waals surface area contributed by atoms with Crippen LogP contribution >= 0.6 is 0 Å². The van der Waals surface area contributed by atoms with Crippen LogP contribution in [0.2, 0.25) is 0 Å². The van der Waals surface area contributed by atoms with Gasteiger partial charge < -0.3 is 5.11 Å². The van der Waals surface area contributed by atoms with Gasteiger partial charge in [0.1, 0.15) is 5.78 Å². The molecule has 1 heterocycles. The van der Waals surface area contributed by atoms with Crippen molar-refractivity contribution in [2.45, 2.75) is 32.3 Å². The summed E-state index contributed by atoms with van der Waals surface area (Å²) in [5.41, 5.74) is 0. The minimum absolute atomic E-state index is 0.209. The van der Waals surface area contributed by atoms with Crippen LogP contribution in [-0.4, -0.2) is 41.5 Å². The summed E-state index contributed by atoms with van der Waals surface area (Å²) in [5, 5.41) is 9.19. The molecule has 1 fully saturated rings. The maximum absolute atomic E-state index is 11.2. The SMILES string of the molecule is CCCC(=O)CN1CCC(O)C1. The molecule has 1 rings (SSSR count). The van der Waals surface area contributed by atoms with Crippen LogP contribution in [0.1, 0.15) is 26.2 Å². The molecule has 70 valence electrons. The number of hydrogen-bond donors (Lipinski definition) is 1. The van der Waals surface area contributed by atoms with Gasteiger partial charge in [-0.2, -0.15) is 0 Å². The molecule has 0 aromatic carbocycles. The normalized spacial score (nSPS) is 24.7. The molecule has 1 saturated heterocycles. The van der Waals surface area contributed by atoms with Crippen molar-refractivity contribution in [1.29, 1.82) is 0 Å². The Hall–Kier alpha value is -0.410. The van der Waals surface area contributed by atoms with Crippen LogP contribution in [0.4, 0.5) is 0 Å². The number of carbonyl (C=O) groups is 1. The summed E-state index contributed by atoms with van der Waals surface area (Å²) < 4.78 is 0. The fraction of sp³-hybridized carbons (Fsp3) is 0.889. The molecule has 3 heteroatoms. The van der Waals surface area contributed by atoms with Crippen molar-refractivity contribution < 1.29 is 9.90 Å². The van der Waals surface area contributed by atoms with Gasteiger partial charge in [0.05, 0.1) is 12.6 Å². The van der Waals surface area contributed by atoms with Crippen LogP contribution < -0.4 is 0 Å². The smallest absolute Gasteiger partial charge is 0.146 e. The minimum atomic E-state index is -0.209. The first kappa shape index (κ1) is 9.68. The fourth-order valence-electron chi connectivity index (χ4n) is 1.56. The molecule has 1 atom stereocenters. The molecule has 12 heavy (non-hydrogen) atoms. The predicted octanol–water partition coefficient (Wildman–Crippen LogP) is 0.422. The standard InChI is InChI=1S/C9H17NO2/c1-2-3-8(11)6-10-5-4-9(12)7-10/h9,12H,2-7H2,1H3. The highest BCUT2D eigenvalue weighted by atomic mass is 16.3. The summed E-state index contributed by atoms with van der Waals surface area (Å²) in [6.07, 6.45) is 2.21. The number of hydrogen-bond acceptors (Lipinski definition) is 3. The van der Waals surface area contributed by atoms with E-state index in [1.807, 2.05) is 11.8 Å². The molecule has 0 aromatic rings. The van der Waals surface area contributed by atoms with E-state index in [0.29, 0.717) is 25.3 Å². The average Bonchev–Trinajstić information content (AvgIpc) is 2.36. The Labute approximate surface area is 73.4 Å². The van der Waals surface area contributed by atoms with Crippen molar-refractivity contribution in [3.63, 3.8) is 0 Å². The third-order valence-electron chi connectivity index (χ3n) is 2.18. The van der Waals surface area contributed by atoms with Gasteiger partial charge in [-0.15, -0.1) is 0 Å². The van der Waals surface area contributed by atoms with Crippen LogP contribution in [0.3, 0.4) is 0 Å². The van der Waals surface area contributed by atoms with E-state index in [1.165, 1.54) is 0 Å². The molecule has 0 amide bonds. The lowest BCUT2D eigenvalue weighted by molar-refractivity contribution is -0.120. The second-order valence-electron chi connectivity index (χ2n) is 3.47. The first-order chi connectivity index (χ1) is 5.72. The number of β-amino-alcohol motifs (C(OH)–C–C–N with tert-alkyl or cyclic N) is 1. The third-order valence-corrected chi connectivity index (χ3v) is 2.18. The van der Waals surface area contributed by atoms with Gasteiger partial charge >= 0.3 is 0 Å². The highest BCUT2D eigenvalue weighted by molar-refractivity contribution is 5.80. The first-order valence-corrected chi connectivity index (χ1v) is 4.64. The summed E-state index contributed by atoms with van der Waals surface area (Å²) in [6, 6.07) is 0. The van der Waals surface area contributed by atoms with Crippen molar-refractivity contribution in [2.24, 2.45) is 0 Å². The summed E-state index contributed by atoms with van der Waals surface area (Å²) in [6.45, 7) is 4.09. The molecule has 0 radical (unpaired) electrons. The third kappa shape index (κ3) is 2.91. The molecule has 0 bridgehead atoms. The highest BCUT2D eigenvalue weighted by Gasteiger charge is 2.21. The number of likely N-dealkylation sites (tertiary alicyclic amines) is 1. The van der Waals surface area contributed by atoms with E-state index in [9.17, 15) is 9.90 Å². The van der Waals surface area contributed by atoms with Gasteiger partial charge in [-0.05, 0) is 12.8 Å². The van der Waals surface area contributed by atoms with Gasteiger partial charge in [-0.3, -0.25) is 9.69 Å². The zero-order valence-corrected chi connectivity index (χ0v) is 7.62.